The third kappa shape index (κ3) is 5.35. The van der Waals surface area contributed by atoms with E-state index in [4.69, 9.17) is 12.8 Å². The molecule has 0 radical (unpaired) electrons. The van der Waals surface area contributed by atoms with Crippen molar-refractivity contribution in [2.75, 3.05) is 12.3 Å². The minimum absolute atomic E-state index is 0.248. The van der Waals surface area contributed by atoms with Gasteiger partial charge in [-0.3, -0.25) is 0 Å². The quantitative estimate of drug-likeness (QED) is 0.504. The van der Waals surface area contributed by atoms with E-state index in [1.54, 1.807) is 0 Å². The van der Waals surface area contributed by atoms with Crippen molar-refractivity contribution >= 4 is 15.8 Å². The number of hydrogen-bond donors (Lipinski definition) is 0. The second-order valence-electron chi connectivity index (χ2n) is 5.90. The molecule has 0 aliphatic rings. The predicted octanol–water partition coefficient (Wildman–Crippen LogP) is 4.73. The van der Waals surface area contributed by atoms with E-state index in [-0.39, 0.29) is 26.2 Å². The zero-order valence-electron chi connectivity index (χ0n) is 11.5. The van der Waals surface area contributed by atoms with Crippen LogP contribution in [0, 0.1) is 24.2 Å². The molecule has 0 fully saturated rings. The van der Waals surface area contributed by atoms with Crippen LogP contribution in [0.1, 0.15) is 41.5 Å². The molecule has 0 spiro atoms. The van der Waals surface area contributed by atoms with Crippen LogP contribution in [0.4, 0.5) is 0 Å². The fourth-order valence-electron chi connectivity index (χ4n) is 1.39. The van der Waals surface area contributed by atoms with E-state index in [2.05, 4.69) is 52.9 Å². The summed E-state index contributed by atoms with van der Waals surface area (Å²) in [6.07, 6.45) is 13.5. The third-order valence-corrected chi connectivity index (χ3v) is 8.04. The maximum atomic E-state index is 5.63. The lowest BCUT2D eigenvalue weighted by Crippen LogP contribution is -2.17. The van der Waals surface area contributed by atoms with Gasteiger partial charge in [0.15, 0.2) is 0 Å². The van der Waals surface area contributed by atoms with Gasteiger partial charge in [-0.25, -0.2) is 0 Å². The first-order chi connectivity index (χ1) is 7.12. The summed E-state index contributed by atoms with van der Waals surface area (Å²) in [5.41, 5.74) is 5.96. The van der Waals surface area contributed by atoms with E-state index in [1.165, 1.54) is 0 Å². The summed E-state index contributed by atoms with van der Waals surface area (Å²) >= 11 is 0. The molecule has 0 aromatic heterocycles. The Bertz CT molecular complexity index is 259. The SMILES string of the molecule is C#CP(CCP(C#C)C(C)(C)C)C(C)(C)C. The van der Waals surface area contributed by atoms with Crippen molar-refractivity contribution in [1.29, 1.82) is 0 Å². The molecule has 0 heterocycles. The highest BCUT2D eigenvalue weighted by molar-refractivity contribution is 7.68. The lowest BCUT2D eigenvalue weighted by molar-refractivity contribution is 0.781. The minimum atomic E-state index is -0.336. The van der Waals surface area contributed by atoms with E-state index < -0.39 is 0 Å². The summed E-state index contributed by atoms with van der Waals surface area (Å²) in [4.78, 5) is 0. The van der Waals surface area contributed by atoms with Crippen LogP contribution in [-0.2, 0) is 0 Å². The molecule has 0 amide bonds. The molecule has 0 aliphatic carbocycles. The molecule has 0 nitrogen and oxygen atoms in total. The number of terminal acetylenes is 2. The van der Waals surface area contributed by atoms with Gasteiger partial charge in [-0.05, 0) is 38.5 Å². The molecule has 0 aromatic carbocycles. The topological polar surface area (TPSA) is 0 Å². The zero-order chi connectivity index (χ0) is 13.0. The van der Waals surface area contributed by atoms with Gasteiger partial charge in [0.1, 0.15) is 0 Å². The lowest BCUT2D eigenvalue weighted by atomic mass is 10.3. The highest BCUT2D eigenvalue weighted by atomic mass is 31.1. The first-order valence-electron chi connectivity index (χ1n) is 5.60. The zero-order valence-corrected chi connectivity index (χ0v) is 13.3. The van der Waals surface area contributed by atoms with Crippen LogP contribution in [0.2, 0.25) is 0 Å². The van der Waals surface area contributed by atoms with Gasteiger partial charge >= 0.3 is 0 Å². The maximum Gasteiger partial charge on any atom is -0.00681 e. The molecule has 0 bridgehead atoms. The fourth-order valence-corrected chi connectivity index (χ4v) is 5.36. The first kappa shape index (κ1) is 16.0. The molecule has 0 N–H and O–H groups in total. The molecule has 2 unspecified atom stereocenters. The Balaban J connectivity index is 4.45. The summed E-state index contributed by atoms with van der Waals surface area (Å²) in [5.74, 6) is 0. The van der Waals surface area contributed by atoms with E-state index >= 15 is 0 Å². The van der Waals surface area contributed by atoms with Gasteiger partial charge < -0.3 is 0 Å². The Morgan fingerprint density at radius 1 is 0.750 bits per heavy atom. The largest absolute Gasteiger partial charge is 0.115 e. The summed E-state index contributed by atoms with van der Waals surface area (Å²) in [7, 11) is -0.673. The lowest BCUT2D eigenvalue weighted by Gasteiger charge is -2.31. The standard InChI is InChI=1S/C14H24P2/c1-9-15(13(3,4)5)11-12-16(10-2)14(6,7)8/h1-2H,11-12H2,3-8H3. The number of hydrogen-bond acceptors (Lipinski definition) is 0. The molecule has 0 aliphatic heterocycles. The smallest absolute Gasteiger partial charge is 0.00681 e. The van der Waals surface area contributed by atoms with E-state index in [0.29, 0.717) is 0 Å². The summed E-state index contributed by atoms with van der Waals surface area (Å²) < 4.78 is 0. The Hall–Kier alpha value is -0.0200. The van der Waals surface area contributed by atoms with Gasteiger partial charge in [0.25, 0.3) is 0 Å². The van der Waals surface area contributed by atoms with Crippen LogP contribution in [0.15, 0.2) is 0 Å². The van der Waals surface area contributed by atoms with E-state index in [0.717, 1.165) is 12.3 Å². The molecule has 16 heavy (non-hydrogen) atoms. The third-order valence-electron chi connectivity index (χ3n) is 2.48. The van der Waals surface area contributed by atoms with Crippen molar-refractivity contribution < 1.29 is 0 Å². The van der Waals surface area contributed by atoms with Crippen molar-refractivity contribution in [2.45, 2.75) is 51.9 Å². The summed E-state index contributed by atoms with van der Waals surface area (Å²) in [6.45, 7) is 13.4. The molecule has 0 aromatic rings. The highest BCUT2D eigenvalue weighted by Crippen LogP contribution is 2.54. The molecule has 0 saturated heterocycles. The molecular formula is C14H24P2. The van der Waals surface area contributed by atoms with Crippen molar-refractivity contribution in [1.82, 2.24) is 0 Å². The van der Waals surface area contributed by atoms with Crippen LogP contribution in [-0.4, -0.2) is 22.6 Å². The average Bonchev–Trinajstić information content (AvgIpc) is 2.08. The maximum absolute atomic E-state index is 5.63. The van der Waals surface area contributed by atoms with Gasteiger partial charge in [0, 0.05) is 0 Å². The van der Waals surface area contributed by atoms with Crippen LogP contribution >= 0.6 is 15.8 Å². The Morgan fingerprint density at radius 3 is 1.12 bits per heavy atom. The second kappa shape index (κ2) is 6.06. The Labute approximate surface area is 104 Å². The van der Waals surface area contributed by atoms with Gasteiger partial charge in [-0.15, -0.1) is 12.8 Å². The summed E-state index contributed by atoms with van der Waals surface area (Å²) in [6, 6.07) is 0. The van der Waals surface area contributed by atoms with Crippen molar-refractivity contribution in [3.8, 4) is 24.2 Å². The molecule has 0 saturated carbocycles. The average molecular weight is 254 g/mol. The van der Waals surface area contributed by atoms with Gasteiger partial charge in [0.2, 0.25) is 0 Å². The van der Waals surface area contributed by atoms with Crippen LogP contribution in [0.5, 0.6) is 0 Å². The molecule has 90 valence electrons. The fraction of sp³-hybridized carbons (Fsp3) is 0.714. The predicted molar refractivity (Wildman–Crippen MR) is 80.7 cm³/mol. The van der Waals surface area contributed by atoms with E-state index in [9.17, 15) is 0 Å². The van der Waals surface area contributed by atoms with Gasteiger partial charge in [-0.2, -0.15) is 0 Å². The molecule has 2 heteroatoms. The van der Waals surface area contributed by atoms with Gasteiger partial charge in [-0.1, -0.05) is 52.9 Å². The highest BCUT2D eigenvalue weighted by Gasteiger charge is 2.27. The normalized spacial score (nSPS) is 16.0. The Morgan fingerprint density at radius 2 is 1.00 bits per heavy atom. The Kier molecular flexibility index (Phi) is 6.05. The van der Waals surface area contributed by atoms with Crippen LogP contribution in [0.3, 0.4) is 0 Å². The van der Waals surface area contributed by atoms with E-state index in [1.807, 2.05) is 0 Å². The van der Waals surface area contributed by atoms with Crippen molar-refractivity contribution in [2.24, 2.45) is 0 Å². The summed E-state index contributed by atoms with van der Waals surface area (Å²) in [5, 5.41) is 0.495. The number of rotatable bonds is 3. The van der Waals surface area contributed by atoms with Crippen LogP contribution in [0.25, 0.3) is 0 Å². The molecular weight excluding hydrogens is 230 g/mol. The molecule has 2 atom stereocenters. The minimum Gasteiger partial charge on any atom is -0.115 e. The van der Waals surface area contributed by atoms with Gasteiger partial charge in [0.05, 0.1) is 0 Å². The first-order valence-corrected chi connectivity index (χ1v) is 8.66. The van der Waals surface area contributed by atoms with Crippen molar-refractivity contribution in [3.05, 3.63) is 0 Å². The monoisotopic (exact) mass is 254 g/mol. The van der Waals surface area contributed by atoms with Crippen molar-refractivity contribution in [3.63, 3.8) is 0 Å². The van der Waals surface area contributed by atoms with Crippen LogP contribution < -0.4 is 0 Å². The molecule has 0 rings (SSSR count). The second-order valence-corrected chi connectivity index (χ2v) is 11.7.